The molecule has 3 aromatic carbocycles. The van der Waals surface area contributed by atoms with Gasteiger partial charge in [0.25, 0.3) is 0 Å². The molecule has 142 valence electrons. The summed E-state index contributed by atoms with van der Waals surface area (Å²) in [5.41, 5.74) is 5.09. The number of pyridine rings is 1. The van der Waals surface area contributed by atoms with Gasteiger partial charge in [0.15, 0.2) is 0 Å². The summed E-state index contributed by atoms with van der Waals surface area (Å²) in [6.45, 7) is 11.4. The fraction of sp³-hybridized carbons (Fsp3) is 0.296. The highest BCUT2D eigenvalue weighted by Crippen LogP contribution is 2.31. The molecule has 0 amide bonds. The van der Waals surface area contributed by atoms with Gasteiger partial charge >= 0.3 is 0 Å². The van der Waals surface area contributed by atoms with E-state index in [2.05, 4.69) is 107 Å². The average molecular weight is 368 g/mol. The van der Waals surface area contributed by atoms with Gasteiger partial charge in [-0.2, -0.15) is 0 Å². The van der Waals surface area contributed by atoms with E-state index in [1.807, 2.05) is 0 Å². The van der Waals surface area contributed by atoms with E-state index in [1.165, 1.54) is 27.3 Å². The van der Waals surface area contributed by atoms with Crippen molar-refractivity contribution in [1.82, 2.24) is 4.98 Å². The van der Waals surface area contributed by atoms with E-state index < -0.39 is 0 Å². The largest absolute Gasteiger partial charge is 0.253 e. The Balaban J connectivity index is 1.68. The van der Waals surface area contributed by atoms with Gasteiger partial charge in [-0.3, -0.25) is 4.98 Å². The molecule has 4 rings (SSSR count). The van der Waals surface area contributed by atoms with Crippen LogP contribution in [0.1, 0.15) is 51.4 Å². The highest BCUT2D eigenvalue weighted by molar-refractivity contribution is 5.83. The number of aromatic nitrogens is 1. The van der Waals surface area contributed by atoms with Crippen LogP contribution >= 0.6 is 0 Å². The fourth-order valence-electron chi connectivity index (χ4n) is 3.89. The van der Waals surface area contributed by atoms with E-state index in [4.69, 9.17) is 4.98 Å². The molecule has 0 bridgehead atoms. The van der Waals surface area contributed by atoms with Crippen LogP contribution in [0.4, 0.5) is 0 Å². The molecule has 0 aliphatic carbocycles. The third kappa shape index (κ3) is 3.67. The Bertz CT molecular complexity index is 1150. The van der Waals surface area contributed by atoms with Gasteiger partial charge in [0.1, 0.15) is 0 Å². The van der Waals surface area contributed by atoms with Gasteiger partial charge in [0.2, 0.25) is 0 Å². The Morgan fingerprint density at radius 1 is 0.643 bits per heavy atom. The first-order valence-corrected chi connectivity index (χ1v) is 10.1. The molecule has 1 heterocycles. The molecular weight excluding hydrogens is 338 g/mol. The van der Waals surface area contributed by atoms with Crippen LogP contribution in [-0.4, -0.2) is 4.98 Å². The lowest BCUT2D eigenvalue weighted by Crippen LogP contribution is -2.21. The van der Waals surface area contributed by atoms with Crippen LogP contribution < -0.4 is 0 Å². The first kappa shape index (κ1) is 18.7. The number of nitrogens with zero attached hydrogens (tertiary/aromatic N) is 1. The fourth-order valence-corrected chi connectivity index (χ4v) is 3.89. The van der Waals surface area contributed by atoms with Crippen LogP contribution in [0, 0.1) is 0 Å². The van der Waals surface area contributed by atoms with Crippen LogP contribution in [0.3, 0.4) is 0 Å². The number of benzene rings is 3. The smallest absolute Gasteiger partial charge is 0.0708 e. The van der Waals surface area contributed by atoms with Gasteiger partial charge in [0.05, 0.1) is 5.52 Å². The molecule has 0 aliphatic heterocycles. The topological polar surface area (TPSA) is 12.9 Å². The summed E-state index contributed by atoms with van der Waals surface area (Å²) in [4.78, 5) is 5.02. The Labute approximate surface area is 168 Å². The predicted molar refractivity (Wildman–Crippen MR) is 121 cm³/mol. The number of rotatable bonds is 3. The summed E-state index contributed by atoms with van der Waals surface area (Å²) in [5, 5.41) is 3.80. The molecule has 0 atom stereocenters. The summed E-state index contributed by atoms with van der Waals surface area (Å²) < 4.78 is 0. The van der Waals surface area contributed by atoms with Crippen molar-refractivity contribution in [2.45, 2.75) is 51.9 Å². The minimum atomic E-state index is 0.0202. The van der Waals surface area contributed by atoms with Gasteiger partial charge in [-0.05, 0) is 51.3 Å². The van der Waals surface area contributed by atoms with Crippen LogP contribution in [0.2, 0.25) is 0 Å². The Kier molecular flexibility index (Phi) is 4.50. The Morgan fingerprint density at radius 3 is 2.04 bits per heavy atom. The van der Waals surface area contributed by atoms with Crippen molar-refractivity contribution in [3.8, 4) is 0 Å². The highest BCUT2D eigenvalue weighted by atomic mass is 14.7. The lowest BCUT2D eigenvalue weighted by atomic mass is 9.79. The zero-order valence-electron chi connectivity index (χ0n) is 17.6. The normalized spacial score (nSPS) is 12.6. The van der Waals surface area contributed by atoms with Crippen molar-refractivity contribution >= 4 is 21.7 Å². The molecule has 0 spiro atoms. The van der Waals surface area contributed by atoms with E-state index in [-0.39, 0.29) is 10.8 Å². The number of fused-ring (bicyclic) bond motifs is 2. The summed E-state index contributed by atoms with van der Waals surface area (Å²) in [7, 11) is 0. The molecule has 0 N–H and O–H groups in total. The quantitative estimate of drug-likeness (QED) is 0.373. The maximum Gasteiger partial charge on any atom is 0.0708 e. The van der Waals surface area contributed by atoms with Crippen molar-refractivity contribution in [2.24, 2.45) is 0 Å². The molecule has 0 saturated heterocycles. The van der Waals surface area contributed by atoms with E-state index in [1.54, 1.807) is 0 Å². The zero-order valence-corrected chi connectivity index (χ0v) is 17.6. The first-order chi connectivity index (χ1) is 13.2. The lowest BCUT2D eigenvalue weighted by Gasteiger charge is -2.26. The molecule has 0 unspecified atom stereocenters. The van der Waals surface area contributed by atoms with Crippen molar-refractivity contribution in [1.29, 1.82) is 0 Å². The maximum absolute atomic E-state index is 5.02. The predicted octanol–water partition coefficient (Wildman–Crippen LogP) is 7.21. The minimum Gasteiger partial charge on any atom is -0.253 e. The first-order valence-electron chi connectivity index (χ1n) is 10.1. The molecule has 1 heteroatoms. The molecule has 0 aliphatic rings. The van der Waals surface area contributed by atoms with Gasteiger partial charge < -0.3 is 0 Å². The molecule has 28 heavy (non-hydrogen) atoms. The summed E-state index contributed by atoms with van der Waals surface area (Å²) in [6, 6.07) is 26.5. The van der Waals surface area contributed by atoms with E-state index in [0.29, 0.717) is 0 Å². The zero-order chi connectivity index (χ0) is 19.9. The maximum atomic E-state index is 5.02. The SMILES string of the molecule is CC(C)(C)c1ccc2ccc(CC(C)(C)c3ccc4ccccc4c3)nc2c1. The molecule has 0 radical (unpaired) electrons. The van der Waals surface area contributed by atoms with Crippen LogP contribution in [0.25, 0.3) is 21.7 Å². The Hall–Kier alpha value is -2.67. The average Bonchev–Trinajstić information content (AvgIpc) is 2.66. The van der Waals surface area contributed by atoms with E-state index >= 15 is 0 Å². The third-order valence-corrected chi connectivity index (χ3v) is 5.77. The van der Waals surface area contributed by atoms with Crippen molar-refractivity contribution in [3.63, 3.8) is 0 Å². The second-order valence-electron chi connectivity index (χ2n) is 9.58. The van der Waals surface area contributed by atoms with Crippen LogP contribution in [0.5, 0.6) is 0 Å². The van der Waals surface area contributed by atoms with Crippen molar-refractivity contribution < 1.29 is 0 Å². The van der Waals surface area contributed by atoms with E-state index in [9.17, 15) is 0 Å². The monoisotopic (exact) mass is 367 g/mol. The highest BCUT2D eigenvalue weighted by Gasteiger charge is 2.22. The molecule has 0 fully saturated rings. The number of hydrogen-bond donors (Lipinski definition) is 0. The standard InChI is InChI=1S/C27H29N/c1-26(2,3)22-13-11-20-12-15-24(28-25(20)17-22)18-27(4,5)23-14-10-19-8-6-7-9-21(19)16-23/h6-17H,18H2,1-5H3. The second kappa shape index (κ2) is 6.74. The molecule has 1 aromatic heterocycles. The van der Waals surface area contributed by atoms with E-state index in [0.717, 1.165) is 17.6 Å². The summed E-state index contributed by atoms with van der Waals surface area (Å²) in [5.74, 6) is 0. The van der Waals surface area contributed by atoms with Crippen molar-refractivity contribution in [2.75, 3.05) is 0 Å². The molecule has 1 nitrogen and oxygen atoms in total. The Morgan fingerprint density at radius 2 is 1.29 bits per heavy atom. The second-order valence-corrected chi connectivity index (χ2v) is 9.58. The lowest BCUT2D eigenvalue weighted by molar-refractivity contribution is 0.517. The summed E-state index contributed by atoms with van der Waals surface area (Å²) >= 11 is 0. The van der Waals surface area contributed by atoms with Gasteiger partial charge in [-0.25, -0.2) is 0 Å². The minimum absolute atomic E-state index is 0.0202. The molecule has 0 saturated carbocycles. The van der Waals surface area contributed by atoms with Gasteiger partial charge in [0, 0.05) is 11.1 Å². The van der Waals surface area contributed by atoms with Gasteiger partial charge in [-0.1, -0.05) is 95.3 Å². The van der Waals surface area contributed by atoms with Crippen LogP contribution in [0.15, 0.2) is 72.8 Å². The van der Waals surface area contributed by atoms with Gasteiger partial charge in [-0.15, -0.1) is 0 Å². The third-order valence-electron chi connectivity index (χ3n) is 5.77. The molecular formula is C27H29N. The van der Waals surface area contributed by atoms with Crippen molar-refractivity contribution in [3.05, 3.63) is 89.6 Å². The molecule has 4 aromatic rings. The summed E-state index contributed by atoms with van der Waals surface area (Å²) in [6.07, 6.45) is 0.918. The number of hydrogen-bond acceptors (Lipinski definition) is 1. The van der Waals surface area contributed by atoms with Crippen LogP contribution in [-0.2, 0) is 17.3 Å².